The van der Waals surface area contributed by atoms with Crippen molar-refractivity contribution < 1.29 is 18.6 Å². The summed E-state index contributed by atoms with van der Waals surface area (Å²) in [4.78, 5) is 9.04. The smallest absolute Gasteiger partial charge is 0.193 e. The summed E-state index contributed by atoms with van der Waals surface area (Å²) in [5.74, 6) is 1.49. The normalized spacial score (nSPS) is 19.9. The Bertz CT molecular complexity index is 681. The zero-order chi connectivity index (χ0) is 21.2. The van der Waals surface area contributed by atoms with Crippen LogP contribution < -0.4 is 10.1 Å². The quantitative estimate of drug-likeness (QED) is 0.221. The van der Waals surface area contributed by atoms with E-state index in [1.165, 1.54) is 7.11 Å². The lowest BCUT2D eigenvalue weighted by molar-refractivity contribution is 0.0886. The van der Waals surface area contributed by atoms with E-state index in [1.807, 2.05) is 13.1 Å². The van der Waals surface area contributed by atoms with E-state index in [-0.39, 0.29) is 35.5 Å². The maximum Gasteiger partial charge on any atom is 0.193 e. The Hall–Kier alpha value is -1.17. The number of benzene rings is 1. The highest BCUT2D eigenvalue weighted by Gasteiger charge is 2.20. The minimum absolute atomic E-state index is 0. The number of piperazine rings is 1. The Balaban J connectivity index is 0.00000341. The van der Waals surface area contributed by atoms with Gasteiger partial charge in [-0.25, -0.2) is 4.39 Å². The Morgan fingerprint density at radius 3 is 2.74 bits per heavy atom. The lowest BCUT2D eigenvalue weighted by Crippen LogP contribution is -2.52. The van der Waals surface area contributed by atoms with Crippen molar-refractivity contribution >= 4 is 29.9 Å². The van der Waals surface area contributed by atoms with E-state index in [9.17, 15) is 4.39 Å². The highest BCUT2D eigenvalue weighted by molar-refractivity contribution is 14.0. The molecule has 31 heavy (non-hydrogen) atoms. The fourth-order valence-corrected chi connectivity index (χ4v) is 3.86. The average Bonchev–Trinajstić information content (AvgIpc) is 3.28. The molecule has 0 aromatic heterocycles. The third kappa shape index (κ3) is 8.36. The molecule has 176 valence electrons. The Kier molecular flexibility index (Phi) is 11.8. The van der Waals surface area contributed by atoms with E-state index in [4.69, 9.17) is 14.2 Å². The fraction of sp³-hybridized carbons (Fsp3) is 0.682. The first-order chi connectivity index (χ1) is 14.7. The van der Waals surface area contributed by atoms with Gasteiger partial charge >= 0.3 is 0 Å². The molecule has 0 bridgehead atoms. The van der Waals surface area contributed by atoms with Crippen molar-refractivity contribution in [2.24, 2.45) is 10.9 Å². The second-order valence-corrected chi connectivity index (χ2v) is 7.86. The summed E-state index contributed by atoms with van der Waals surface area (Å²) in [5, 5.41) is 3.44. The van der Waals surface area contributed by atoms with Crippen LogP contribution in [0.1, 0.15) is 18.4 Å². The first-order valence-electron chi connectivity index (χ1n) is 10.9. The summed E-state index contributed by atoms with van der Waals surface area (Å²) in [7, 11) is 3.31. The van der Waals surface area contributed by atoms with Crippen molar-refractivity contribution in [1.29, 1.82) is 0 Å². The molecule has 9 heteroatoms. The van der Waals surface area contributed by atoms with Crippen molar-refractivity contribution in [3.63, 3.8) is 0 Å². The third-order valence-corrected chi connectivity index (χ3v) is 5.63. The molecule has 2 aliphatic heterocycles. The van der Waals surface area contributed by atoms with Gasteiger partial charge in [0.2, 0.25) is 0 Å². The largest absolute Gasteiger partial charge is 0.494 e. The van der Waals surface area contributed by atoms with Crippen LogP contribution in [-0.2, 0) is 16.0 Å². The molecule has 0 aliphatic carbocycles. The lowest BCUT2D eigenvalue weighted by atomic mass is 10.1. The van der Waals surface area contributed by atoms with Crippen LogP contribution in [0.4, 0.5) is 4.39 Å². The molecule has 7 nitrogen and oxygen atoms in total. The van der Waals surface area contributed by atoms with E-state index in [0.29, 0.717) is 5.92 Å². The molecule has 3 rings (SSSR count). The molecule has 2 heterocycles. The van der Waals surface area contributed by atoms with Gasteiger partial charge in [-0.3, -0.25) is 9.89 Å². The fourth-order valence-electron chi connectivity index (χ4n) is 3.86. The van der Waals surface area contributed by atoms with Gasteiger partial charge in [0, 0.05) is 65.4 Å². The van der Waals surface area contributed by atoms with Gasteiger partial charge in [0.15, 0.2) is 17.5 Å². The van der Waals surface area contributed by atoms with Crippen molar-refractivity contribution in [3.8, 4) is 5.75 Å². The molecule has 1 atom stereocenters. The molecular weight excluding hydrogens is 514 g/mol. The van der Waals surface area contributed by atoms with Crippen LogP contribution in [0.2, 0.25) is 0 Å². The van der Waals surface area contributed by atoms with E-state index in [1.54, 1.807) is 12.1 Å². The number of methoxy groups -OCH3 is 1. The molecule has 2 aliphatic rings. The number of ether oxygens (including phenoxy) is 3. The second kappa shape index (κ2) is 14.1. The summed E-state index contributed by atoms with van der Waals surface area (Å²) in [6, 6.07) is 5.18. The summed E-state index contributed by atoms with van der Waals surface area (Å²) < 4.78 is 30.0. The van der Waals surface area contributed by atoms with Crippen LogP contribution >= 0.6 is 24.0 Å². The summed E-state index contributed by atoms with van der Waals surface area (Å²) >= 11 is 0. The molecule has 1 N–H and O–H groups in total. The van der Waals surface area contributed by atoms with Crippen molar-refractivity contribution in [2.75, 3.05) is 73.3 Å². The molecule has 0 spiro atoms. The minimum Gasteiger partial charge on any atom is -0.494 e. The van der Waals surface area contributed by atoms with Crippen LogP contribution in [0.25, 0.3) is 0 Å². The highest BCUT2D eigenvalue weighted by Crippen LogP contribution is 2.19. The SMILES string of the molecule is CN=C(NCCCOCC1CCOC1)N1CCN(Cc2ccc(OC)c(F)c2)CC1.I. The van der Waals surface area contributed by atoms with Crippen LogP contribution in [0.15, 0.2) is 23.2 Å². The zero-order valence-corrected chi connectivity index (χ0v) is 21.0. The van der Waals surface area contributed by atoms with E-state index in [2.05, 4.69) is 20.1 Å². The Morgan fingerprint density at radius 1 is 1.29 bits per heavy atom. The van der Waals surface area contributed by atoms with E-state index < -0.39 is 0 Å². The topological polar surface area (TPSA) is 58.6 Å². The van der Waals surface area contributed by atoms with Crippen LogP contribution in [-0.4, -0.2) is 89.1 Å². The standard InChI is InChI=1S/C22H35FN4O3.HI/c1-24-22(25-7-3-12-29-16-19-6-13-30-17-19)27-10-8-26(9-11-27)15-18-4-5-21(28-2)20(23)14-18;/h4-5,14,19H,3,6-13,15-17H2,1-2H3,(H,24,25);1H. The first kappa shape index (κ1) is 26.1. The molecule has 2 saturated heterocycles. The summed E-state index contributed by atoms with van der Waals surface area (Å²) in [6.45, 7) is 8.49. The molecule has 1 aromatic rings. The maximum atomic E-state index is 13.9. The average molecular weight is 550 g/mol. The Morgan fingerprint density at radius 2 is 2.10 bits per heavy atom. The van der Waals surface area contributed by atoms with Crippen LogP contribution in [0, 0.1) is 11.7 Å². The van der Waals surface area contributed by atoms with Crippen molar-refractivity contribution in [3.05, 3.63) is 29.6 Å². The minimum atomic E-state index is -0.307. The summed E-state index contributed by atoms with van der Waals surface area (Å²) in [5.41, 5.74) is 0.966. The summed E-state index contributed by atoms with van der Waals surface area (Å²) in [6.07, 6.45) is 2.07. The Labute approximate surface area is 202 Å². The second-order valence-electron chi connectivity index (χ2n) is 7.86. The third-order valence-electron chi connectivity index (χ3n) is 5.63. The molecule has 2 fully saturated rings. The van der Waals surface area contributed by atoms with Gasteiger partial charge in [-0.05, 0) is 30.5 Å². The number of guanidine groups is 1. The van der Waals surface area contributed by atoms with Gasteiger partial charge < -0.3 is 24.4 Å². The van der Waals surface area contributed by atoms with Gasteiger partial charge in [-0.1, -0.05) is 6.07 Å². The van der Waals surface area contributed by atoms with E-state index >= 15 is 0 Å². The predicted octanol–water partition coefficient (Wildman–Crippen LogP) is 2.59. The van der Waals surface area contributed by atoms with Gasteiger partial charge in [-0.2, -0.15) is 0 Å². The number of nitrogens with zero attached hydrogens (tertiary/aromatic N) is 3. The molecule has 1 unspecified atom stereocenters. The van der Waals surface area contributed by atoms with Crippen LogP contribution in [0.5, 0.6) is 5.75 Å². The molecule has 1 aromatic carbocycles. The highest BCUT2D eigenvalue weighted by atomic mass is 127. The maximum absolute atomic E-state index is 13.9. The number of nitrogens with one attached hydrogen (secondary N) is 1. The number of hydrogen-bond acceptors (Lipinski definition) is 5. The number of aliphatic imine (C=N–C) groups is 1. The van der Waals surface area contributed by atoms with Crippen molar-refractivity contribution in [1.82, 2.24) is 15.1 Å². The number of rotatable bonds is 9. The molecule has 0 radical (unpaired) electrons. The van der Waals surface area contributed by atoms with Crippen LogP contribution in [0.3, 0.4) is 0 Å². The lowest BCUT2D eigenvalue weighted by Gasteiger charge is -2.36. The first-order valence-corrected chi connectivity index (χ1v) is 10.9. The van der Waals surface area contributed by atoms with Gasteiger partial charge in [0.25, 0.3) is 0 Å². The molecule has 0 saturated carbocycles. The molecule has 0 amide bonds. The van der Waals surface area contributed by atoms with Crippen molar-refractivity contribution in [2.45, 2.75) is 19.4 Å². The van der Waals surface area contributed by atoms with Gasteiger partial charge in [0.05, 0.1) is 20.3 Å². The monoisotopic (exact) mass is 550 g/mol. The predicted molar refractivity (Wildman–Crippen MR) is 131 cm³/mol. The zero-order valence-electron chi connectivity index (χ0n) is 18.6. The number of hydrogen-bond donors (Lipinski definition) is 1. The molecular formula is C22H36FIN4O3. The number of halogens is 2. The van der Waals surface area contributed by atoms with Gasteiger partial charge in [-0.15, -0.1) is 24.0 Å². The van der Waals surface area contributed by atoms with Gasteiger partial charge in [0.1, 0.15) is 0 Å². The van der Waals surface area contributed by atoms with E-state index in [0.717, 1.165) is 90.1 Å².